The van der Waals surface area contributed by atoms with Crippen molar-refractivity contribution in [1.82, 2.24) is 4.90 Å². The number of carbonyl (C=O) groups is 1. The van der Waals surface area contributed by atoms with Crippen LogP contribution >= 0.6 is 11.6 Å². The first kappa shape index (κ1) is 13.2. The second-order valence-electron chi connectivity index (χ2n) is 4.68. The summed E-state index contributed by atoms with van der Waals surface area (Å²) < 4.78 is 5.26. The summed E-state index contributed by atoms with van der Waals surface area (Å²) in [7, 11) is 1.55. The number of piperidine rings is 1. The zero-order valence-electron chi connectivity index (χ0n) is 10.8. The molecule has 1 aliphatic rings. The number of nitrogens with zero attached hydrogens (tertiary/aromatic N) is 1. The molecule has 18 heavy (non-hydrogen) atoms. The molecule has 0 atom stereocenters. The molecule has 98 valence electrons. The molecule has 1 amide bonds. The third kappa shape index (κ3) is 2.61. The first-order valence-corrected chi connectivity index (χ1v) is 6.64. The molecular weight excluding hydrogens is 250 g/mol. The lowest BCUT2D eigenvalue weighted by Gasteiger charge is -2.27. The molecule has 0 aromatic heterocycles. The van der Waals surface area contributed by atoms with Gasteiger partial charge in [-0.3, -0.25) is 4.79 Å². The summed E-state index contributed by atoms with van der Waals surface area (Å²) in [6.07, 6.45) is 3.36. The summed E-state index contributed by atoms with van der Waals surface area (Å²) in [6.45, 7) is 3.58. The Bertz CT molecular complexity index is 453. The van der Waals surface area contributed by atoms with Crippen molar-refractivity contribution in [2.24, 2.45) is 0 Å². The summed E-state index contributed by atoms with van der Waals surface area (Å²) >= 11 is 6.12. The normalized spacial score (nSPS) is 15.6. The van der Waals surface area contributed by atoms with Crippen molar-refractivity contribution < 1.29 is 9.53 Å². The number of rotatable bonds is 2. The maximum atomic E-state index is 12.5. The van der Waals surface area contributed by atoms with Crippen LogP contribution in [0.4, 0.5) is 0 Å². The SMILES string of the molecule is COc1c(Cl)cc(C)cc1C(=O)N1CCCCC1. The summed E-state index contributed by atoms with van der Waals surface area (Å²) in [4.78, 5) is 14.4. The largest absolute Gasteiger partial charge is 0.494 e. The molecule has 1 aliphatic heterocycles. The Kier molecular flexibility index (Phi) is 4.12. The van der Waals surface area contributed by atoms with Crippen LogP contribution in [0.15, 0.2) is 12.1 Å². The molecule has 3 nitrogen and oxygen atoms in total. The van der Waals surface area contributed by atoms with E-state index in [2.05, 4.69) is 0 Å². The molecule has 1 aromatic carbocycles. The topological polar surface area (TPSA) is 29.5 Å². The Hall–Kier alpha value is -1.22. The fourth-order valence-corrected chi connectivity index (χ4v) is 2.71. The summed E-state index contributed by atoms with van der Waals surface area (Å²) in [5.41, 5.74) is 1.55. The summed E-state index contributed by atoms with van der Waals surface area (Å²) in [6, 6.07) is 3.66. The zero-order chi connectivity index (χ0) is 13.1. The molecule has 1 saturated heterocycles. The number of hydrogen-bond acceptors (Lipinski definition) is 2. The second-order valence-corrected chi connectivity index (χ2v) is 5.09. The smallest absolute Gasteiger partial charge is 0.257 e. The maximum absolute atomic E-state index is 12.5. The van der Waals surface area contributed by atoms with Gasteiger partial charge in [0.25, 0.3) is 5.91 Å². The van der Waals surface area contributed by atoms with Crippen molar-refractivity contribution in [2.45, 2.75) is 26.2 Å². The van der Waals surface area contributed by atoms with Gasteiger partial charge in [0.1, 0.15) is 5.75 Å². The van der Waals surface area contributed by atoms with Gasteiger partial charge in [-0.15, -0.1) is 0 Å². The third-order valence-corrected chi connectivity index (χ3v) is 3.55. The molecule has 4 heteroatoms. The predicted molar refractivity (Wildman–Crippen MR) is 72.5 cm³/mol. The van der Waals surface area contributed by atoms with Gasteiger partial charge in [0, 0.05) is 13.1 Å². The van der Waals surface area contributed by atoms with E-state index in [0.717, 1.165) is 31.5 Å². The van der Waals surface area contributed by atoms with Gasteiger partial charge in [-0.1, -0.05) is 11.6 Å². The molecule has 0 aliphatic carbocycles. The molecule has 1 fully saturated rings. The molecule has 0 saturated carbocycles. The highest BCUT2D eigenvalue weighted by Gasteiger charge is 2.23. The average molecular weight is 268 g/mol. The average Bonchev–Trinajstić information content (AvgIpc) is 2.38. The number of aryl methyl sites for hydroxylation is 1. The van der Waals surface area contributed by atoms with Gasteiger partial charge in [-0.05, 0) is 43.9 Å². The molecule has 0 N–H and O–H groups in total. The number of amides is 1. The number of ether oxygens (including phenoxy) is 1. The molecule has 0 bridgehead atoms. The molecule has 1 aromatic rings. The monoisotopic (exact) mass is 267 g/mol. The number of halogens is 1. The number of carbonyl (C=O) groups excluding carboxylic acids is 1. The first-order valence-electron chi connectivity index (χ1n) is 6.27. The van der Waals surface area contributed by atoms with Gasteiger partial charge in [0.05, 0.1) is 17.7 Å². The van der Waals surface area contributed by atoms with Crippen molar-refractivity contribution >= 4 is 17.5 Å². The fourth-order valence-electron chi connectivity index (χ4n) is 2.36. The number of methoxy groups -OCH3 is 1. The van der Waals surface area contributed by atoms with Crippen molar-refractivity contribution in [1.29, 1.82) is 0 Å². The minimum absolute atomic E-state index is 0.0251. The molecule has 0 unspecified atom stereocenters. The first-order chi connectivity index (χ1) is 8.63. The Morgan fingerprint density at radius 1 is 1.28 bits per heavy atom. The van der Waals surface area contributed by atoms with Crippen LogP contribution in [0.5, 0.6) is 5.75 Å². The Morgan fingerprint density at radius 2 is 1.94 bits per heavy atom. The fraction of sp³-hybridized carbons (Fsp3) is 0.500. The van der Waals surface area contributed by atoms with Crippen LogP contribution in [0.1, 0.15) is 35.2 Å². The Balaban J connectivity index is 2.33. The number of hydrogen-bond donors (Lipinski definition) is 0. The lowest BCUT2D eigenvalue weighted by atomic mass is 10.1. The number of benzene rings is 1. The minimum Gasteiger partial charge on any atom is -0.494 e. The van der Waals surface area contributed by atoms with Gasteiger partial charge < -0.3 is 9.64 Å². The van der Waals surface area contributed by atoms with Crippen LogP contribution in [0.2, 0.25) is 5.02 Å². The van der Waals surface area contributed by atoms with E-state index in [9.17, 15) is 4.79 Å². The highest BCUT2D eigenvalue weighted by molar-refractivity contribution is 6.32. The lowest BCUT2D eigenvalue weighted by molar-refractivity contribution is 0.0721. The Labute approximate surface area is 113 Å². The van der Waals surface area contributed by atoms with Gasteiger partial charge >= 0.3 is 0 Å². The lowest BCUT2D eigenvalue weighted by Crippen LogP contribution is -2.35. The van der Waals surface area contributed by atoms with Crippen LogP contribution in [-0.4, -0.2) is 31.0 Å². The molecule has 2 rings (SSSR count). The van der Waals surface area contributed by atoms with Gasteiger partial charge in [-0.2, -0.15) is 0 Å². The predicted octanol–water partition coefficient (Wildman–Crippen LogP) is 3.28. The summed E-state index contributed by atoms with van der Waals surface area (Å²) in [5, 5.41) is 0.498. The van der Waals surface area contributed by atoms with Gasteiger partial charge in [0.15, 0.2) is 0 Å². The van der Waals surface area contributed by atoms with Gasteiger partial charge in [-0.25, -0.2) is 0 Å². The quantitative estimate of drug-likeness (QED) is 0.823. The standard InChI is InChI=1S/C14H18ClNO2/c1-10-8-11(13(18-2)12(15)9-10)14(17)16-6-4-3-5-7-16/h8-9H,3-7H2,1-2H3. The second kappa shape index (κ2) is 5.61. The van der Waals surface area contributed by atoms with Crippen molar-refractivity contribution in [3.05, 3.63) is 28.3 Å². The van der Waals surface area contributed by atoms with Gasteiger partial charge in [0.2, 0.25) is 0 Å². The van der Waals surface area contributed by atoms with E-state index in [1.54, 1.807) is 7.11 Å². The maximum Gasteiger partial charge on any atom is 0.257 e. The highest BCUT2D eigenvalue weighted by atomic mass is 35.5. The van der Waals surface area contributed by atoms with E-state index in [1.165, 1.54) is 6.42 Å². The van der Waals surface area contributed by atoms with Crippen LogP contribution in [0.3, 0.4) is 0 Å². The van der Waals surface area contributed by atoms with E-state index in [1.807, 2.05) is 24.0 Å². The molecule has 1 heterocycles. The zero-order valence-corrected chi connectivity index (χ0v) is 11.6. The van der Waals surface area contributed by atoms with Crippen molar-refractivity contribution in [3.8, 4) is 5.75 Å². The summed E-state index contributed by atoms with van der Waals surface area (Å²) in [5.74, 6) is 0.509. The van der Waals surface area contributed by atoms with Crippen LogP contribution in [0, 0.1) is 6.92 Å². The molecular formula is C14H18ClNO2. The highest BCUT2D eigenvalue weighted by Crippen LogP contribution is 2.31. The third-order valence-electron chi connectivity index (χ3n) is 3.27. The van der Waals surface area contributed by atoms with E-state index in [0.29, 0.717) is 16.3 Å². The van der Waals surface area contributed by atoms with E-state index < -0.39 is 0 Å². The van der Waals surface area contributed by atoms with Crippen molar-refractivity contribution in [2.75, 3.05) is 20.2 Å². The van der Waals surface area contributed by atoms with E-state index in [4.69, 9.17) is 16.3 Å². The molecule has 0 spiro atoms. The van der Waals surface area contributed by atoms with Crippen molar-refractivity contribution in [3.63, 3.8) is 0 Å². The number of likely N-dealkylation sites (tertiary alicyclic amines) is 1. The molecule has 0 radical (unpaired) electrons. The van der Waals surface area contributed by atoms with E-state index >= 15 is 0 Å². The van der Waals surface area contributed by atoms with E-state index in [-0.39, 0.29) is 5.91 Å². The van der Waals surface area contributed by atoms with Crippen LogP contribution in [0.25, 0.3) is 0 Å². The minimum atomic E-state index is 0.0251. The van der Waals surface area contributed by atoms with Crippen LogP contribution < -0.4 is 4.74 Å². The van der Waals surface area contributed by atoms with Crippen LogP contribution in [-0.2, 0) is 0 Å². The Morgan fingerprint density at radius 3 is 2.56 bits per heavy atom.